The van der Waals surface area contributed by atoms with Gasteiger partial charge in [0.25, 0.3) is 5.91 Å². The van der Waals surface area contributed by atoms with Gasteiger partial charge in [-0.05, 0) is 48.5 Å². The van der Waals surface area contributed by atoms with Gasteiger partial charge in [0.2, 0.25) is 17.7 Å². The van der Waals surface area contributed by atoms with Crippen LogP contribution in [0.1, 0.15) is 15.2 Å². The Kier molecular flexibility index (Phi) is 7.35. The zero-order valence-electron chi connectivity index (χ0n) is 17.7. The number of carbonyl (C=O) groups excluding carboxylic acids is 2. The van der Waals surface area contributed by atoms with Crippen molar-refractivity contribution in [2.24, 2.45) is 0 Å². The van der Waals surface area contributed by atoms with E-state index >= 15 is 0 Å². The van der Waals surface area contributed by atoms with Crippen molar-refractivity contribution >= 4 is 57.7 Å². The van der Waals surface area contributed by atoms with Crippen molar-refractivity contribution in [2.45, 2.75) is 6.42 Å². The Morgan fingerprint density at radius 1 is 1.00 bits per heavy atom. The minimum absolute atomic E-state index is 0.134. The molecule has 2 heterocycles. The first-order valence-electron chi connectivity index (χ1n) is 9.98. The third-order valence-electron chi connectivity index (χ3n) is 4.56. The summed E-state index contributed by atoms with van der Waals surface area (Å²) in [6.07, 6.45) is 1.31. The van der Waals surface area contributed by atoms with Crippen molar-refractivity contribution in [1.82, 2.24) is 9.97 Å². The molecule has 0 aliphatic rings. The molecule has 0 atom stereocenters. The molecule has 0 radical (unpaired) electrons. The molecule has 0 fully saturated rings. The number of anilines is 2. The number of halogens is 2. The number of aromatic hydroxyl groups is 1. The second-order valence-electron chi connectivity index (χ2n) is 7.11. The van der Waals surface area contributed by atoms with Crippen LogP contribution in [0.5, 0.6) is 17.5 Å². The van der Waals surface area contributed by atoms with Crippen molar-refractivity contribution in [2.75, 3.05) is 10.6 Å². The lowest BCUT2D eigenvalue weighted by Crippen LogP contribution is -2.13. The average Bonchev–Trinajstić information content (AvgIpc) is 3.14. The Hall–Kier alpha value is -3.86. The molecule has 0 aliphatic heterocycles. The first-order chi connectivity index (χ1) is 16.8. The molecule has 2 aromatic heterocycles. The van der Waals surface area contributed by atoms with E-state index in [1.54, 1.807) is 48.5 Å². The van der Waals surface area contributed by atoms with E-state index in [1.807, 2.05) is 0 Å². The number of nitrogens with one attached hydrogen (secondary N) is 3. The lowest BCUT2D eigenvalue weighted by Gasteiger charge is -2.09. The van der Waals surface area contributed by atoms with Gasteiger partial charge < -0.3 is 20.5 Å². The highest BCUT2D eigenvalue weighted by Gasteiger charge is 2.12. The maximum Gasteiger partial charge on any atom is 0.307 e. The van der Waals surface area contributed by atoms with E-state index in [2.05, 4.69) is 20.6 Å². The summed E-state index contributed by atoms with van der Waals surface area (Å²) in [5.74, 6) is -0.273. The van der Waals surface area contributed by atoms with E-state index in [0.29, 0.717) is 33.6 Å². The molecule has 0 spiro atoms. The van der Waals surface area contributed by atoms with E-state index in [1.165, 1.54) is 12.3 Å². The fourth-order valence-corrected chi connectivity index (χ4v) is 3.93. The highest BCUT2D eigenvalue weighted by atomic mass is 35.5. The van der Waals surface area contributed by atoms with Gasteiger partial charge in [-0.1, -0.05) is 34.5 Å². The number of carbonyl (C=O) groups is 2. The Morgan fingerprint density at radius 2 is 1.74 bits per heavy atom. The van der Waals surface area contributed by atoms with Gasteiger partial charge in [0.1, 0.15) is 5.75 Å². The number of hydrogen-bond acceptors (Lipinski definition) is 7. The molecule has 2 amide bonds. The van der Waals surface area contributed by atoms with Gasteiger partial charge in [0.15, 0.2) is 0 Å². The van der Waals surface area contributed by atoms with Crippen LogP contribution in [-0.2, 0) is 11.2 Å². The van der Waals surface area contributed by atoms with Crippen LogP contribution in [0.15, 0.2) is 65.6 Å². The molecular formula is C23H16Cl2N4O5S. The Balaban J connectivity index is 1.31. The minimum Gasteiger partial charge on any atom is -0.494 e. The molecule has 35 heavy (non-hydrogen) atoms. The number of H-pyrrole nitrogens is 1. The molecular weight excluding hydrogens is 515 g/mol. The average molecular weight is 531 g/mol. The fraction of sp³-hybridized carbons (Fsp3) is 0.0435. The quantitative estimate of drug-likeness (QED) is 0.263. The Morgan fingerprint density at radius 3 is 2.37 bits per heavy atom. The first kappa shape index (κ1) is 24.3. The van der Waals surface area contributed by atoms with Crippen molar-refractivity contribution in [3.05, 3.63) is 90.9 Å². The number of aromatic amines is 1. The maximum atomic E-state index is 12.4. The van der Waals surface area contributed by atoms with Crippen molar-refractivity contribution in [3.8, 4) is 17.5 Å². The molecule has 12 heteroatoms. The van der Waals surface area contributed by atoms with Crippen LogP contribution in [0.2, 0.25) is 10.0 Å². The standard InChI is InChI=1S/C23H16Cl2N4O5S/c24-16-7-1-12(9-17(16)25)21(31)28-14-4-8-20(26-11-14)34-15-5-2-13(3-6-15)27-19(30)10-18-22(32)29-23(33)35-18/h1-9,11,32H,10H2,(H,27,30)(H,28,31)(H,29,33). The van der Waals surface area contributed by atoms with E-state index < -0.39 is 4.87 Å². The lowest BCUT2D eigenvalue weighted by atomic mass is 10.2. The molecule has 0 saturated heterocycles. The van der Waals surface area contributed by atoms with E-state index in [-0.39, 0.29) is 34.0 Å². The predicted octanol–water partition coefficient (Wildman–Crippen LogP) is 5.07. The third-order valence-corrected chi connectivity index (χ3v) is 6.17. The summed E-state index contributed by atoms with van der Waals surface area (Å²) in [5, 5.41) is 15.6. The number of aromatic nitrogens is 2. The van der Waals surface area contributed by atoms with Crippen LogP contribution in [0, 0.1) is 0 Å². The molecule has 0 bridgehead atoms. The van der Waals surface area contributed by atoms with Gasteiger partial charge in [-0.2, -0.15) is 0 Å². The van der Waals surface area contributed by atoms with Crippen LogP contribution in [0.4, 0.5) is 11.4 Å². The van der Waals surface area contributed by atoms with E-state index in [0.717, 1.165) is 11.3 Å². The second-order valence-corrected chi connectivity index (χ2v) is 8.99. The number of thiazole rings is 1. The van der Waals surface area contributed by atoms with Crippen molar-refractivity contribution < 1.29 is 19.4 Å². The van der Waals surface area contributed by atoms with Crippen molar-refractivity contribution in [3.63, 3.8) is 0 Å². The lowest BCUT2D eigenvalue weighted by molar-refractivity contribution is -0.115. The highest BCUT2D eigenvalue weighted by Crippen LogP contribution is 2.25. The van der Waals surface area contributed by atoms with E-state index in [9.17, 15) is 19.5 Å². The van der Waals surface area contributed by atoms with Crippen LogP contribution >= 0.6 is 34.5 Å². The second kappa shape index (κ2) is 10.6. The summed E-state index contributed by atoms with van der Waals surface area (Å²) in [7, 11) is 0. The SMILES string of the molecule is O=C(Cc1sc(=O)[nH]c1O)Nc1ccc(Oc2ccc(NC(=O)c3ccc(Cl)c(Cl)c3)cn2)cc1. The summed E-state index contributed by atoms with van der Waals surface area (Å²) in [5.41, 5.74) is 1.33. The molecule has 4 aromatic rings. The number of rotatable bonds is 7. The molecule has 2 aromatic carbocycles. The number of amides is 2. The molecule has 9 nitrogen and oxygen atoms in total. The monoisotopic (exact) mass is 530 g/mol. The van der Waals surface area contributed by atoms with Gasteiger partial charge >= 0.3 is 4.87 Å². The largest absolute Gasteiger partial charge is 0.494 e. The zero-order chi connectivity index (χ0) is 24.9. The molecule has 0 aliphatic carbocycles. The number of hydrogen-bond donors (Lipinski definition) is 4. The number of pyridine rings is 1. The summed E-state index contributed by atoms with van der Waals surface area (Å²) >= 11 is 12.6. The van der Waals surface area contributed by atoms with Gasteiger partial charge in [0, 0.05) is 17.3 Å². The van der Waals surface area contributed by atoms with Crippen LogP contribution in [0.25, 0.3) is 0 Å². The van der Waals surface area contributed by atoms with Gasteiger partial charge in [0.05, 0.1) is 33.2 Å². The first-order valence-corrected chi connectivity index (χ1v) is 11.6. The Labute approximate surface area is 212 Å². The molecule has 0 saturated carbocycles. The summed E-state index contributed by atoms with van der Waals surface area (Å²) in [4.78, 5) is 41.9. The molecule has 4 rings (SSSR count). The highest BCUT2D eigenvalue weighted by molar-refractivity contribution is 7.09. The van der Waals surface area contributed by atoms with Gasteiger partial charge in [-0.25, -0.2) is 4.98 Å². The third kappa shape index (κ3) is 6.38. The fourth-order valence-electron chi connectivity index (χ4n) is 2.91. The summed E-state index contributed by atoms with van der Waals surface area (Å²) in [6.45, 7) is 0. The zero-order valence-corrected chi connectivity index (χ0v) is 20.0. The van der Waals surface area contributed by atoms with Gasteiger partial charge in [-0.3, -0.25) is 19.4 Å². The van der Waals surface area contributed by atoms with Crippen LogP contribution < -0.4 is 20.2 Å². The topological polar surface area (TPSA) is 133 Å². The van der Waals surface area contributed by atoms with Crippen LogP contribution in [-0.4, -0.2) is 26.9 Å². The summed E-state index contributed by atoms with van der Waals surface area (Å²) < 4.78 is 5.69. The smallest absolute Gasteiger partial charge is 0.307 e. The number of benzene rings is 2. The Bertz CT molecular complexity index is 1440. The van der Waals surface area contributed by atoms with Gasteiger partial charge in [-0.15, -0.1) is 0 Å². The minimum atomic E-state index is -0.428. The number of nitrogens with zero attached hydrogens (tertiary/aromatic N) is 1. The molecule has 0 unspecified atom stereocenters. The van der Waals surface area contributed by atoms with E-state index in [4.69, 9.17) is 27.9 Å². The molecule has 178 valence electrons. The molecule has 4 N–H and O–H groups in total. The number of ether oxygens (including phenoxy) is 1. The predicted molar refractivity (Wildman–Crippen MR) is 134 cm³/mol. The normalized spacial score (nSPS) is 10.6. The maximum absolute atomic E-state index is 12.4. The van der Waals surface area contributed by atoms with Crippen LogP contribution in [0.3, 0.4) is 0 Å². The van der Waals surface area contributed by atoms with Crippen molar-refractivity contribution in [1.29, 1.82) is 0 Å². The summed E-state index contributed by atoms with van der Waals surface area (Å²) in [6, 6.07) is 14.4.